The Hall–Kier alpha value is -0.790. The van der Waals surface area contributed by atoms with E-state index < -0.39 is 0 Å². The van der Waals surface area contributed by atoms with E-state index in [0.717, 1.165) is 12.8 Å². The number of carbonyl (C=O) groups is 1. The minimum atomic E-state index is -0.287. The van der Waals surface area contributed by atoms with Crippen LogP contribution in [0.4, 0.5) is 0 Å². The third-order valence-electron chi connectivity index (χ3n) is 2.82. The number of rotatable bonds is 10. The first-order valence-corrected chi connectivity index (χ1v) is 6.77. The van der Waals surface area contributed by atoms with Crippen LogP contribution in [0.2, 0.25) is 0 Å². The Kier molecular flexibility index (Phi) is 9.89. The van der Waals surface area contributed by atoms with Crippen LogP contribution in [0.15, 0.2) is 12.2 Å². The van der Waals surface area contributed by atoms with Crippen molar-refractivity contribution in [3.63, 3.8) is 0 Å². The fraction of sp³-hybridized carbons (Fsp3) is 0.733. The number of carbonyl (C=O) groups excluding carboxylic acids is 1. The van der Waals surface area contributed by atoms with Gasteiger partial charge >= 0.3 is 5.97 Å². The van der Waals surface area contributed by atoms with E-state index in [2.05, 4.69) is 20.4 Å². The van der Waals surface area contributed by atoms with Gasteiger partial charge in [0.05, 0.1) is 0 Å². The molecule has 0 aromatic rings. The van der Waals surface area contributed by atoms with Crippen LogP contribution in [0.5, 0.6) is 0 Å². The molecule has 99 valence electrons. The van der Waals surface area contributed by atoms with Crippen molar-refractivity contribution in [3.05, 3.63) is 19.1 Å². The molecule has 0 rings (SSSR count). The van der Waals surface area contributed by atoms with Crippen molar-refractivity contribution in [2.24, 2.45) is 0 Å². The number of esters is 1. The van der Waals surface area contributed by atoms with Crippen molar-refractivity contribution >= 4 is 5.97 Å². The van der Waals surface area contributed by atoms with Crippen molar-refractivity contribution in [1.29, 1.82) is 0 Å². The topological polar surface area (TPSA) is 26.3 Å². The zero-order chi connectivity index (χ0) is 13.1. The Balaban J connectivity index is 3.61. The first kappa shape index (κ1) is 16.2. The standard InChI is InChI=1S/C15H27O2/c1-5-7-8-9-10-11-12-14(6-2)17-15(16)13(3)4/h14H,2-3,5-12H2,1,4H3. The molecule has 17 heavy (non-hydrogen) atoms. The highest BCUT2D eigenvalue weighted by Gasteiger charge is 2.12. The highest BCUT2D eigenvalue weighted by Crippen LogP contribution is 2.13. The molecule has 0 N–H and O–H groups in total. The molecule has 0 saturated heterocycles. The molecule has 1 atom stereocenters. The molecule has 0 aromatic carbocycles. The molecular weight excluding hydrogens is 212 g/mol. The van der Waals surface area contributed by atoms with Crippen LogP contribution in [0.25, 0.3) is 0 Å². The first-order chi connectivity index (χ1) is 8.11. The Labute approximate surface area is 106 Å². The summed E-state index contributed by atoms with van der Waals surface area (Å²) in [4.78, 5) is 11.3. The van der Waals surface area contributed by atoms with Gasteiger partial charge in [0.15, 0.2) is 0 Å². The Morgan fingerprint density at radius 3 is 2.29 bits per heavy atom. The van der Waals surface area contributed by atoms with Gasteiger partial charge in [0.25, 0.3) is 0 Å². The lowest BCUT2D eigenvalue weighted by Crippen LogP contribution is -2.17. The van der Waals surface area contributed by atoms with Crippen molar-refractivity contribution in [2.75, 3.05) is 0 Å². The van der Waals surface area contributed by atoms with E-state index in [1.54, 1.807) is 6.92 Å². The van der Waals surface area contributed by atoms with Crippen LogP contribution < -0.4 is 0 Å². The molecule has 0 aliphatic carbocycles. The zero-order valence-electron chi connectivity index (χ0n) is 11.5. The van der Waals surface area contributed by atoms with E-state index in [-0.39, 0.29) is 12.1 Å². The predicted octanol–water partition coefficient (Wildman–Crippen LogP) is 4.45. The molecule has 0 aliphatic heterocycles. The second kappa shape index (κ2) is 10.4. The van der Waals surface area contributed by atoms with Gasteiger partial charge in [0.2, 0.25) is 0 Å². The lowest BCUT2D eigenvalue weighted by Gasteiger charge is -2.15. The van der Waals surface area contributed by atoms with E-state index in [1.165, 1.54) is 32.1 Å². The van der Waals surface area contributed by atoms with Crippen LogP contribution in [-0.2, 0) is 9.53 Å². The maximum Gasteiger partial charge on any atom is 0.333 e. The summed E-state index contributed by atoms with van der Waals surface area (Å²) in [5, 5.41) is 0. The molecule has 0 heterocycles. The second-order valence-electron chi connectivity index (χ2n) is 4.65. The third-order valence-corrected chi connectivity index (χ3v) is 2.82. The van der Waals surface area contributed by atoms with Crippen LogP contribution in [-0.4, -0.2) is 12.1 Å². The van der Waals surface area contributed by atoms with Gasteiger partial charge in [-0.1, -0.05) is 45.6 Å². The summed E-state index contributed by atoms with van der Waals surface area (Å²) in [7, 11) is 0. The average Bonchev–Trinajstić information content (AvgIpc) is 2.31. The fourth-order valence-electron chi connectivity index (χ4n) is 1.67. The minimum absolute atomic E-state index is 0.0367. The number of unbranched alkanes of at least 4 members (excludes halogenated alkanes) is 5. The van der Waals surface area contributed by atoms with Gasteiger partial charge in [0.1, 0.15) is 6.10 Å². The van der Waals surface area contributed by atoms with Crippen LogP contribution in [0.1, 0.15) is 65.2 Å². The molecule has 2 heteroatoms. The summed E-state index contributed by atoms with van der Waals surface area (Å²) >= 11 is 0. The lowest BCUT2D eigenvalue weighted by molar-refractivity contribution is -0.144. The summed E-state index contributed by atoms with van der Waals surface area (Å²) in [6.07, 6.45) is 9.08. The van der Waals surface area contributed by atoms with Crippen LogP contribution in [0, 0.1) is 6.92 Å². The van der Waals surface area contributed by atoms with E-state index >= 15 is 0 Å². The fourth-order valence-corrected chi connectivity index (χ4v) is 1.67. The lowest BCUT2D eigenvalue weighted by atomic mass is 10.1. The number of ether oxygens (including phenoxy) is 1. The third kappa shape index (κ3) is 8.96. The smallest absolute Gasteiger partial charge is 0.333 e. The minimum Gasteiger partial charge on any atom is -0.459 e. The second-order valence-corrected chi connectivity index (χ2v) is 4.65. The Morgan fingerprint density at radius 2 is 1.76 bits per heavy atom. The molecular formula is C15H27O2. The van der Waals surface area contributed by atoms with Crippen molar-refractivity contribution < 1.29 is 9.53 Å². The monoisotopic (exact) mass is 239 g/mol. The van der Waals surface area contributed by atoms with Crippen LogP contribution in [0.3, 0.4) is 0 Å². The van der Waals surface area contributed by atoms with Crippen molar-refractivity contribution in [2.45, 2.75) is 71.3 Å². The summed E-state index contributed by atoms with van der Waals surface area (Å²) in [5.41, 5.74) is 0.464. The quantitative estimate of drug-likeness (QED) is 0.320. The van der Waals surface area contributed by atoms with Gasteiger partial charge in [-0.05, 0) is 33.1 Å². The largest absolute Gasteiger partial charge is 0.459 e. The molecule has 1 unspecified atom stereocenters. The van der Waals surface area contributed by atoms with Gasteiger partial charge in [-0.15, -0.1) is 0 Å². The van der Waals surface area contributed by atoms with Gasteiger partial charge < -0.3 is 4.74 Å². The SMILES string of the molecule is [CH2]CC(CCCCCCCC)OC(=O)C(=C)C. The number of hydrogen-bond donors (Lipinski definition) is 0. The Morgan fingerprint density at radius 1 is 1.18 bits per heavy atom. The Bertz CT molecular complexity index is 221. The zero-order valence-corrected chi connectivity index (χ0v) is 11.5. The molecule has 0 aromatic heterocycles. The maximum atomic E-state index is 11.3. The highest BCUT2D eigenvalue weighted by atomic mass is 16.5. The van der Waals surface area contributed by atoms with E-state index in [1.807, 2.05) is 0 Å². The summed E-state index contributed by atoms with van der Waals surface area (Å²) in [5.74, 6) is -0.287. The molecule has 0 fully saturated rings. The number of hydrogen-bond acceptors (Lipinski definition) is 2. The molecule has 0 aliphatic rings. The average molecular weight is 239 g/mol. The van der Waals surface area contributed by atoms with Gasteiger partial charge in [-0.25, -0.2) is 4.79 Å². The molecule has 2 nitrogen and oxygen atoms in total. The van der Waals surface area contributed by atoms with Gasteiger partial charge in [-0.3, -0.25) is 0 Å². The van der Waals surface area contributed by atoms with Crippen LogP contribution >= 0.6 is 0 Å². The van der Waals surface area contributed by atoms with E-state index in [0.29, 0.717) is 12.0 Å². The molecule has 1 radical (unpaired) electrons. The van der Waals surface area contributed by atoms with Gasteiger partial charge in [0, 0.05) is 5.57 Å². The first-order valence-electron chi connectivity index (χ1n) is 6.77. The van der Waals surface area contributed by atoms with E-state index in [9.17, 15) is 4.79 Å². The highest BCUT2D eigenvalue weighted by molar-refractivity contribution is 5.87. The summed E-state index contributed by atoms with van der Waals surface area (Å²) < 4.78 is 5.29. The molecule has 0 amide bonds. The summed E-state index contributed by atoms with van der Waals surface area (Å²) in [6, 6.07) is 0. The molecule has 0 saturated carbocycles. The molecule has 0 bridgehead atoms. The van der Waals surface area contributed by atoms with E-state index in [4.69, 9.17) is 4.74 Å². The summed E-state index contributed by atoms with van der Waals surface area (Å²) in [6.45, 7) is 11.3. The van der Waals surface area contributed by atoms with Crippen molar-refractivity contribution in [3.8, 4) is 0 Å². The predicted molar refractivity (Wildman–Crippen MR) is 72.7 cm³/mol. The van der Waals surface area contributed by atoms with Gasteiger partial charge in [-0.2, -0.15) is 0 Å². The normalized spacial score (nSPS) is 12.2. The maximum absolute atomic E-state index is 11.3. The molecule has 0 spiro atoms. The van der Waals surface area contributed by atoms with Crippen molar-refractivity contribution in [1.82, 2.24) is 0 Å².